The largest absolute Gasteiger partial charge is 0.490 e. The second-order valence-corrected chi connectivity index (χ2v) is 7.81. The fraction of sp³-hybridized carbons (Fsp3) is 0.238. The molecule has 0 atom stereocenters. The number of hydrogen-bond donors (Lipinski definition) is 1. The van der Waals surface area contributed by atoms with Gasteiger partial charge in [-0.05, 0) is 49.1 Å². The van der Waals surface area contributed by atoms with Crippen LogP contribution in [0, 0.1) is 0 Å². The van der Waals surface area contributed by atoms with Crippen LogP contribution < -0.4 is 14.9 Å². The van der Waals surface area contributed by atoms with Crippen LogP contribution in [0.1, 0.15) is 34.8 Å². The molecule has 0 fully saturated rings. The van der Waals surface area contributed by atoms with Crippen molar-refractivity contribution < 1.29 is 23.8 Å². The molecule has 0 bridgehead atoms. The molecule has 8 nitrogen and oxygen atoms in total. The van der Waals surface area contributed by atoms with Gasteiger partial charge in [0.25, 0.3) is 0 Å². The van der Waals surface area contributed by atoms with E-state index in [1.807, 2.05) is 12.3 Å². The molecule has 0 unspecified atom stereocenters. The van der Waals surface area contributed by atoms with Crippen LogP contribution >= 0.6 is 22.7 Å². The van der Waals surface area contributed by atoms with Gasteiger partial charge in [0.1, 0.15) is 4.88 Å². The van der Waals surface area contributed by atoms with Gasteiger partial charge in [0.05, 0.1) is 31.5 Å². The summed E-state index contributed by atoms with van der Waals surface area (Å²) in [5.74, 6) is 0.0452. The molecule has 10 heteroatoms. The number of esters is 2. The lowest BCUT2D eigenvalue weighted by Gasteiger charge is -2.10. The maximum absolute atomic E-state index is 12.2. The molecule has 0 saturated heterocycles. The van der Waals surface area contributed by atoms with Crippen molar-refractivity contribution in [2.24, 2.45) is 5.10 Å². The molecule has 3 aromatic rings. The Morgan fingerprint density at radius 2 is 2.03 bits per heavy atom. The van der Waals surface area contributed by atoms with Crippen LogP contribution in [0.25, 0.3) is 0 Å². The fourth-order valence-corrected chi connectivity index (χ4v) is 3.72. The smallest absolute Gasteiger partial charge is 0.353 e. The van der Waals surface area contributed by atoms with Gasteiger partial charge in [-0.15, -0.1) is 22.7 Å². The van der Waals surface area contributed by atoms with Crippen LogP contribution in [-0.2, 0) is 16.0 Å². The topological polar surface area (TPSA) is 99.1 Å². The van der Waals surface area contributed by atoms with Crippen LogP contribution in [0.2, 0.25) is 0 Å². The molecule has 2 aromatic heterocycles. The second-order valence-electron chi connectivity index (χ2n) is 6.00. The van der Waals surface area contributed by atoms with E-state index in [0.717, 1.165) is 5.56 Å². The highest BCUT2D eigenvalue weighted by atomic mass is 32.1. The molecule has 0 aliphatic heterocycles. The van der Waals surface area contributed by atoms with Crippen molar-refractivity contribution in [3.8, 4) is 11.5 Å². The zero-order chi connectivity index (χ0) is 22.1. The lowest BCUT2D eigenvalue weighted by Crippen LogP contribution is -2.08. The summed E-state index contributed by atoms with van der Waals surface area (Å²) in [5.41, 5.74) is 4.20. The third-order valence-electron chi connectivity index (χ3n) is 3.75. The first-order valence-corrected chi connectivity index (χ1v) is 11.3. The molecule has 31 heavy (non-hydrogen) atoms. The molecule has 0 amide bonds. The van der Waals surface area contributed by atoms with Crippen LogP contribution in [0.5, 0.6) is 11.5 Å². The van der Waals surface area contributed by atoms with E-state index in [-0.39, 0.29) is 12.4 Å². The van der Waals surface area contributed by atoms with Crippen LogP contribution in [0.15, 0.2) is 46.2 Å². The Balaban J connectivity index is 1.63. The number of anilines is 1. The van der Waals surface area contributed by atoms with E-state index in [1.165, 1.54) is 22.7 Å². The van der Waals surface area contributed by atoms with Crippen molar-refractivity contribution in [2.75, 3.05) is 18.6 Å². The predicted octanol–water partition coefficient (Wildman–Crippen LogP) is 4.37. The zero-order valence-corrected chi connectivity index (χ0v) is 18.6. The summed E-state index contributed by atoms with van der Waals surface area (Å²) in [5, 5.41) is 8.32. The number of hydrogen-bond acceptors (Lipinski definition) is 10. The molecular weight excluding hydrogens is 438 g/mol. The highest BCUT2D eigenvalue weighted by molar-refractivity contribution is 7.13. The molecule has 0 aliphatic rings. The van der Waals surface area contributed by atoms with Gasteiger partial charge in [-0.25, -0.2) is 9.78 Å². The molecule has 1 aromatic carbocycles. The Morgan fingerprint density at radius 3 is 2.77 bits per heavy atom. The number of carbonyl (C=O) groups excluding carboxylic acids is 2. The van der Waals surface area contributed by atoms with Crippen molar-refractivity contribution in [3.05, 3.63) is 57.2 Å². The summed E-state index contributed by atoms with van der Waals surface area (Å²) < 4.78 is 16.0. The third-order valence-corrected chi connectivity index (χ3v) is 5.39. The summed E-state index contributed by atoms with van der Waals surface area (Å²) >= 11 is 2.65. The fourth-order valence-electron chi connectivity index (χ4n) is 2.46. The number of aromatic nitrogens is 1. The molecule has 3 rings (SSSR count). The van der Waals surface area contributed by atoms with E-state index in [2.05, 4.69) is 15.5 Å². The number of ether oxygens (including phenoxy) is 3. The molecule has 1 N–H and O–H groups in total. The number of nitrogens with one attached hydrogen (secondary N) is 1. The number of thiazole rings is 1. The molecule has 0 radical (unpaired) electrons. The maximum atomic E-state index is 12.2. The van der Waals surface area contributed by atoms with Crippen molar-refractivity contribution >= 4 is 46.0 Å². The highest BCUT2D eigenvalue weighted by Gasteiger charge is 2.14. The van der Waals surface area contributed by atoms with Gasteiger partial charge in [-0.2, -0.15) is 5.10 Å². The van der Waals surface area contributed by atoms with Crippen molar-refractivity contribution in [3.63, 3.8) is 0 Å². The van der Waals surface area contributed by atoms with E-state index < -0.39 is 5.97 Å². The Kier molecular flexibility index (Phi) is 8.13. The maximum Gasteiger partial charge on any atom is 0.353 e. The van der Waals surface area contributed by atoms with Gasteiger partial charge in [-0.1, -0.05) is 6.07 Å². The van der Waals surface area contributed by atoms with Gasteiger partial charge in [0, 0.05) is 5.38 Å². The summed E-state index contributed by atoms with van der Waals surface area (Å²) in [6.07, 6.45) is 1.72. The van der Waals surface area contributed by atoms with Crippen LogP contribution in [0.3, 0.4) is 0 Å². The number of benzene rings is 1. The normalized spacial score (nSPS) is 10.8. The number of rotatable bonds is 10. The first kappa shape index (κ1) is 22.4. The van der Waals surface area contributed by atoms with E-state index in [9.17, 15) is 9.59 Å². The molecule has 0 saturated carbocycles. The molecule has 2 heterocycles. The molecule has 162 valence electrons. The summed E-state index contributed by atoms with van der Waals surface area (Å²) in [6.45, 7) is 4.38. The summed E-state index contributed by atoms with van der Waals surface area (Å²) in [4.78, 5) is 28.5. The SMILES string of the molecule is CCOC(=O)Cc1csc(NN=Cc2ccc(OC(=O)c3cccs3)c(OCC)c2)n1. The quantitative estimate of drug-likeness (QED) is 0.208. The first-order valence-electron chi connectivity index (χ1n) is 9.50. The minimum atomic E-state index is -0.429. The monoisotopic (exact) mass is 459 g/mol. The van der Waals surface area contributed by atoms with E-state index in [4.69, 9.17) is 14.2 Å². The lowest BCUT2D eigenvalue weighted by atomic mass is 10.2. The number of hydrazone groups is 1. The van der Waals surface area contributed by atoms with Crippen LogP contribution in [0.4, 0.5) is 5.13 Å². The minimum Gasteiger partial charge on any atom is -0.490 e. The van der Waals surface area contributed by atoms with Gasteiger partial charge in [-0.3, -0.25) is 10.2 Å². The van der Waals surface area contributed by atoms with E-state index >= 15 is 0 Å². The first-order chi connectivity index (χ1) is 15.1. The standard InChI is InChI=1S/C21H21N3O5S2/c1-3-27-17-10-14(7-8-16(17)29-20(26)18-6-5-9-30-18)12-22-24-21-23-15(13-31-21)11-19(25)28-4-2/h5-10,12-13H,3-4,11H2,1-2H3,(H,23,24). The Hall–Kier alpha value is -3.24. The van der Waals surface area contributed by atoms with Gasteiger partial charge >= 0.3 is 11.9 Å². The highest BCUT2D eigenvalue weighted by Crippen LogP contribution is 2.29. The zero-order valence-electron chi connectivity index (χ0n) is 17.0. The number of nitrogens with zero attached hydrogens (tertiary/aromatic N) is 2. The molecule has 0 spiro atoms. The van der Waals surface area contributed by atoms with Gasteiger partial charge < -0.3 is 14.2 Å². The van der Waals surface area contributed by atoms with Crippen molar-refractivity contribution in [2.45, 2.75) is 20.3 Å². The van der Waals surface area contributed by atoms with E-state index in [0.29, 0.717) is 40.4 Å². The second kappa shape index (κ2) is 11.2. The minimum absolute atomic E-state index is 0.124. The van der Waals surface area contributed by atoms with Crippen molar-refractivity contribution in [1.82, 2.24) is 4.98 Å². The third kappa shape index (κ3) is 6.63. The number of carbonyl (C=O) groups is 2. The lowest BCUT2D eigenvalue weighted by molar-refractivity contribution is -0.142. The molecule has 0 aliphatic carbocycles. The van der Waals surface area contributed by atoms with Gasteiger partial charge in [0.15, 0.2) is 11.5 Å². The van der Waals surface area contributed by atoms with E-state index in [1.54, 1.807) is 48.9 Å². The Morgan fingerprint density at radius 1 is 1.16 bits per heavy atom. The Labute approximate surface area is 187 Å². The predicted molar refractivity (Wildman–Crippen MR) is 121 cm³/mol. The van der Waals surface area contributed by atoms with Crippen molar-refractivity contribution in [1.29, 1.82) is 0 Å². The summed E-state index contributed by atoms with van der Waals surface area (Å²) in [6, 6.07) is 8.66. The Bertz CT molecular complexity index is 1050. The average Bonchev–Trinajstić information content (AvgIpc) is 3.43. The average molecular weight is 460 g/mol. The van der Waals surface area contributed by atoms with Gasteiger partial charge in [0.2, 0.25) is 5.13 Å². The number of thiophene rings is 1. The summed E-state index contributed by atoms with van der Waals surface area (Å²) in [7, 11) is 0. The molecular formula is C21H21N3O5S2. The van der Waals surface area contributed by atoms with Crippen LogP contribution in [-0.4, -0.2) is 36.4 Å².